The fourth-order valence-corrected chi connectivity index (χ4v) is 11.7. The maximum absolute atomic E-state index is 13.8. The molecule has 0 spiro atoms. The Morgan fingerprint density at radius 3 is 2.33 bits per heavy atom. The third-order valence-electron chi connectivity index (χ3n) is 12.7. The molecule has 5 rings (SSSR count). The van der Waals surface area contributed by atoms with Crippen molar-refractivity contribution >= 4 is 16.1 Å². The zero-order valence-electron chi connectivity index (χ0n) is 27.6. The van der Waals surface area contributed by atoms with E-state index in [0.29, 0.717) is 30.1 Å². The minimum absolute atomic E-state index is 0.0898. The fourth-order valence-electron chi connectivity index (χ4n) is 10.6. The van der Waals surface area contributed by atoms with E-state index in [-0.39, 0.29) is 45.7 Å². The van der Waals surface area contributed by atoms with Gasteiger partial charge in [0.1, 0.15) is 6.10 Å². The first-order valence-electron chi connectivity index (χ1n) is 16.9. The Bertz CT molecular complexity index is 1250. The van der Waals surface area contributed by atoms with E-state index in [1.165, 1.54) is 19.8 Å². The van der Waals surface area contributed by atoms with Gasteiger partial charge in [-0.15, -0.1) is 0 Å². The minimum Gasteiger partial charge on any atom is -0.463 e. The number of aryl methyl sites for hydroxylation is 1. The van der Waals surface area contributed by atoms with E-state index in [4.69, 9.17) is 8.92 Å². The molecule has 4 aliphatic carbocycles. The maximum atomic E-state index is 13.8. The molecule has 0 bridgehead atoms. The molecule has 0 saturated heterocycles. The lowest BCUT2D eigenvalue weighted by Crippen LogP contribution is -2.59. The summed E-state index contributed by atoms with van der Waals surface area (Å²) in [6, 6.07) is 7.00. The van der Waals surface area contributed by atoms with Gasteiger partial charge < -0.3 is 9.84 Å². The Morgan fingerprint density at radius 1 is 1.02 bits per heavy atom. The summed E-state index contributed by atoms with van der Waals surface area (Å²) in [5.74, 6) is 2.20. The van der Waals surface area contributed by atoms with Crippen LogP contribution < -0.4 is 0 Å². The molecule has 0 heterocycles. The fraction of sp³-hybridized carbons (Fsp3) is 0.806. The van der Waals surface area contributed by atoms with Gasteiger partial charge in [-0.2, -0.15) is 8.42 Å². The molecule has 6 nitrogen and oxygen atoms in total. The summed E-state index contributed by atoms with van der Waals surface area (Å²) in [7, 11) is -3.93. The highest BCUT2D eigenvalue weighted by Crippen LogP contribution is 2.69. The number of carbonyl (C=O) groups excluding carboxylic acids is 1. The number of esters is 1. The Morgan fingerprint density at radius 2 is 1.67 bits per heavy atom. The van der Waals surface area contributed by atoms with Crippen molar-refractivity contribution in [3.05, 3.63) is 29.8 Å². The second-order valence-corrected chi connectivity index (χ2v) is 17.6. The summed E-state index contributed by atoms with van der Waals surface area (Å²) in [5.41, 5.74) is 0.633. The largest absolute Gasteiger partial charge is 0.463 e. The highest BCUT2D eigenvalue weighted by Gasteiger charge is 2.64. The maximum Gasteiger partial charge on any atom is 0.302 e. The SMILES string of the molecule is CC(=O)O[C@H]1CC[C@@]2(C)[C@@H](CC(OS(=O)(=O)c3ccc(C)cc3)[C@@H]3[C@@H]2CC[C@]2(C)[C@@H]([C@H](C)CCCC(C)(C)O)CC[C@@H]32)C1. The highest BCUT2D eigenvalue weighted by molar-refractivity contribution is 7.86. The zero-order valence-corrected chi connectivity index (χ0v) is 28.4. The van der Waals surface area contributed by atoms with Crippen LogP contribution in [0.3, 0.4) is 0 Å². The summed E-state index contributed by atoms with van der Waals surface area (Å²) >= 11 is 0. The molecule has 1 aromatic carbocycles. The number of fused-ring (bicyclic) bond motifs is 5. The molecular weight excluding hydrogens is 560 g/mol. The van der Waals surface area contributed by atoms with Crippen molar-refractivity contribution in [1.29, 1.82) is 0 Å². The van der Waals surface area contributed by atoms with Crippen molar-refractivity contribution < 1.29 is 27.2 Å². The summed E-state index contributed by atoms with van der Waals surface area (Å²) in [4.78, 5) is 12.1. The van der Waals surface area contributed by atoms with Gasteiger partial charge in [0.25, 0.3) is 10.1 Å². The third kappa shape index (κ3) is 6.60. The highest BCUT2D eigenvalue weighted by atomic mass is 32.2. The van der Waals surface area contributed by atoms with Crippen molar-refractivity contribution in [2.45, 2.75) is 142 Å². The van der Waals surface area contributed by atoms with Crippen LogP contribution in [0.5, 0.6) is 0 Å². The molecule has 0 aliphatic heterocycles. The third-order valence-corrected chi connectivity index (χ3v) is 14.1. The molecule has 4 fully saturated rings. The molecule has 0 amide bonds. The molecule has 1 N–H and O–H groups in total. The smallest absolute Gasteiger partial charge is 0.302 e. The van der Waals surface area contributed by atoms with E-state index < -0.39 is 15.7 Å². The summed E-state index contributed by atoms with van der Waals surface area (Å²) in [6.45, 7) is 14.6. The summed E-state index contributed by atoms with van der Waals surface area (Å²) in [6.07, 6.45) is 10.4. The topological polar surface area (TPSA) is 89.9 Å². The normalized spacial score (nSPS) is 38.5. The predicted octanol–water partition coefficient (Wildman–Crippen LogP) is 7.85. The van der Waals surface area contributed by atoms with Crippen LogP contribution in [0.15, 0.2) is 29.2 Å². The van der Waals surface area contributed by atoms with Crippen molar-refractivity contribution in [3.8, 4) is 0 Å². The molecule has 43 heavy (non-hydrogen) atoms. The Labute approximate surface area is 260 Å². The van der Waals surface area contributed by atoms with Gasteiger partial charge in [-0.25, -0.2) is 0 Å². The molecule has 242 valence electrons. The van der Waals surface area contributed by atoms with Gasteiger partial charge >= 0.3 is 5.97 Å². The van der Waals surface area contributed by atoms with Crippen LogP contribution >= 0.6 is 0 Å². The number of aliphatic hydroxyl groups is 1. The zero-order chi connectivity index (χ0) is 31.4. The van der Waals surface area contributed by atoms with E-state index in [1.54, 1.807) is 12.1 Å². The Kier molecular flexibility index (Phi) is 9.24. The van der Waals surface area contributed by atoms with Crippen molar-refractivity contribution in [3.63, 3.8) is 0 Å². The molecular formula is C36H56O6S. The number of benzene rings is 1. The van der Waals surface area contributed by atoms with Crippen LogP contribution in [-0.2, 0) is 23.8 Å². The molecule has 4 aliphatic rings. The van der Waals surface area contributed by atoms with Crippen LogP contribution in [-0.4, -0.2) is 37.3 Å². The van der Waals surface area contributed by atoms with E-state index in [0.717, 1.165) is 56.9 Å². The van der Waals surface area contributed by atoms with Crippen LogP contribution in [0.4, 0.5) is 0 Å². The van der Waals surface area contributed by atoms with Gasteiger partial charge in [-0.1, -0.05) is 51.3 Å². The first kappa shape index (κ1) is 32.9. The predicted molar refractivity (Wildman–Crippen MR) is 169 cm³/mol. The van der Waals surface area contributed by atoms with Gasteiger partial charge in [-0.05, 0) is 137 Å². The van der Waals surface area contributed by atoms with Crippen molar-refractivity contribution in [1.82, 2.24) is 0 Å². The second kappa shape index (κ2) is 12.1. The average molecular weight is 617 g/mol. The lowest BCUT2D eigenvalue weighted by atomic mass is 9.43. The van der Waals surface area contributed by atoms with E-state index in [1.807, 2.05) is 32.9 Å². The average Bonchev–Trinajstić information content (AvgIpc) is 3.25. The molecule has 7 heteroatoms. The van der Waals surface area contributed by atoms with Gasteiger partial charge in [0.15, 0.2) is 0 Å². The Hall–Kier alpha value is -1.44. The number of hydrogen-bond acceptors (Lipinski definition) is 6. The first-order valence-corrected chi connectivity index (χ1v) is 18.3. The van der Waals surface area contributed by atoms with Gasteiger partial charge in [0.05, 0.1) is 16.6 Å². The van der Waals surface area contributed by atoms with E-state index >= 15 is 0 Å². The monoisotopic (exact) mass is 616 g/mol. The molecule has 10 atom stereocenters. The number of ether oxygens (including phenoxy) is 1. The lowest BCUT2D eigenvalue weighted by molar-refractivity contribution is -0.177. The van der Waals surface area contributed by atoms with Gasteiger partial charge in [0.2, 0.25) is 0 Å². The summed E-state index contributed by atoms with van der Waals surface area (Å²) < 4.78 is 39.6. The number of carbonyl (C=O) groups is 1. The van der Waals surface area contributed by atoms with Crippen LogP contribution in [0.1, 0.15) is 118 Å². The number of hydrogen-bond donors (Lipinski definition) is 1. The van der Waals surface area contributed by atoms with Crippen LogP contribution in [0.25, 0.3) is 0 Å². The van der Waals surface area contributed by atoms with E-state index in [2.05, 4.69) is 20.8 Å². The van der Waals surface area contributed by atoms with Crippen molar-refractivity contribution in [2.75, 3.05) is 0 Å². The molecule has 1 aromatic rings. The minimum atomic E-state index is -3.93. The standard InChI is InChI=1S/C36H56O6S/c1-23-10-12-28(13-11-23)43(39,40)42-32-22-26-21-27(41-25(3)37)16-19-35(26,6)31-17-20-36(7)29(14-15-30(36)33(31)32)24(2)9-8-18-34(4,5)38/h10-13,24,26-27,29-33,38H,8-9,14-22H2,1-7H3/t24-,26-,27+,29-,30+,31+,32?,33+,35+,36-/m1/s1. The molecule has 1 unspecified atom stereocenters. The van der Waals surface area contributed by atoms with Crippen LogP contribution in [0.2, 0.25) is 0 Å². The molecule has 0 aromatic heterocycles. The first-order chi connectivity index (χ1) is 20.0. The van der Waals surface area contributed by atoms with E-state index in [9.17, 15) is 18.3 Å². The molecule has 4 saturated carbocycles. The number of rotatable bonds is 9. The quantitative estimate of drug-likeness (QED) is 0.225. The second-order valence-electron chi connectivity index (χ2n) is 16.0. The van der Waals surface area contributed by atoms with Crippen LogP contribution in [0, 0.1) is 53.3 Å². The molecule has 0 radical (unpaired) electrons. The van der Waals surface area contributed by atoms with Gasteiger partial charge in [-0.3, -0.25) is 8.98 Å². The van der Waals surface area contributed by atoms with Gasteiger partial charge in [0, 0.05) is 6.92 Å². The Balaban J connectivity index is 1.44. The lowest BCUT2D eigenvalue weighted by Gasteiger charge is -2.63. The van der Waals surface area contributed by atoms with Crippen molar-refractivity contribution in [2.24, 2.45) is 46.3 Å². The summed E-state index contributed by atoms with van der Waals surface area (Å²) in [5, 5.41) is 10.3.